The maximum atomic E-state index is 15.2. The molecule has 2 heterocycles. The van der Waals surface area contributed by atoms with E-state index in [4.69, 9.17) is 9.72 Å². The molecule has 0 spiro atoms. The third-order valence-electron chi connectivity index (χ3n) is 9.33. The molecular formula is C40H56FN5O3. The van der Waals surface area contributed by atoms with Gasteiger partial charge in [0.2, 0.25) is 0 Å². The summed E-state index contributed by atoms with van der Waals surface area (Å²) < 4.78 is 20.1. The highest BCUT2D eigenvalue weighted by atomic mass is 19.1. The van der Waals surface area contributed by atoms with E-state index in [0.29, 0.717) is 17.8 Å². The van der Waals surface area contributed by atoms with Gasteiger partial charge in [-0.1, -0.05) is 84.6 Å². The minimum absolute atomic E-state index is 0.0265. The highest BCUT2D eigenvalue weighted by molar-refractivity contribution is 6.13. The summed E-state index contributed by atoms with van der Waals surface area (Å²) in [6, 6.07) is 13.2. The lowest BCUT2D eigenvalue weighted by Crippen LogP contribution is -2.48. The fourth-order valence-corrected chi connectivity index (χ4v) is 6.70. The second-order valence-corrected chi connectivity index (χ2v) is 13.9. The normalized spacial score (nSPS) is 14.0. The minimum atomic E-state index is -0.332. The fourth-order valence-electron chi connectivity index (χ4n) is 6.70. The Morgan fingerprint density at radius 2 is 1.61 bits per heavy atom. The van der Waals surface area contributed by atoms with Gasteiger partial charge >= 0.3 is 6.03 Å². The van der Waals surface area contributed by atoms with Crippen LogP contribution in [0.1, 0.15) is 119 Å². The average molecular weight is 674 g/mol. The van der Waals surface area contributed by atoms with Crippen molar-refractivity contribution in [2.24, 2.45) is 0 Å². The number of carbonyl (C=O) groups excluding carboxylic acids is 2. The Balaban J connectivity index is 1.88. The van der Waals surface area contributed by atoms with Gasteiger partial charge in [0.25, 0.3) is 5.91 Å². The van der Waals surface area contributed by atoms with Crippen molar-refractivity contribution in [1.29, 1.82) is 0 Å². The third-order valence-corrected chi connectivity index (χ3v) is 9.33. The zero-order valence-electron chi connectivity index (χ0n) is 30.6. The van der Waals surface area contributed by atoms with Crippen LogP contribution in [0.2, 0.25) is 0 Å². The maximum absolute atomic E-state index is 15.2. The molecule has 1 fully saturated rings. The SMILES string of the molecule is CCCCCCCNC(=O)Nc1ccccc1C(=O)N(c1c(C(C)C)nc(C(C)C)c(COC)c1-c1ccc(F)cc1)C1CCN(C)CC1. The van der Waals surface area contributed by atoms with E-state index in [1.54, 1.807) is 31.4 Å². The lowest BCUT2D eigenvalue weighted by atomic mass is 9.88. The molecule has 0 bridgehead atoms. The Labute approximate surface area is 292 Å². The molecule has 1 saturated heterocycles. The zero-order valence-corrected chi connectivity index (χ0v) is 30.6. The first-order valence-electron chi connectivity index (χ1n) is 18.0. The van der Waals surface area contributed by atoms with Gasteiger partial charge in [-0.05, 0) is 81.1 Å². The second kappa shape index (κ2) is 18.3. The van der Waals surface area contributed by atoms with Crippen molar-refractivity contribution >= 4 is 23.3 Å². The summed E-state index contributed by atoms with van der Waals surface area (Å²) in [6.07, 6.45) is 7.03. The molecule has 8 nitrogen and oxygen atoms in total. The van der Waals surface area contributed by atoms with Crippen LogP contribution in [-0.2, 0) is 11.3 Å². The first-order valence-corrected chi connectivity index (χ1v) is 18.0. The first kappa shape index (κ1) is 38.0. The molecule has 0 atom stereocenters. The number of benzene rings is 2. The van der Waals surface area contributed by atoms with E-state index in [2.05, 4.69) is 57.2 Å². The number of rotatable bonds is 15. The van der Waals surface area contributed by atoms with E-state index in [1.807, 2.05) is 17.0 Å². The van der Waals surface area contributed by atoms with Gasteiger partial charge in [0.05, 0.1) is 29.2 Å². The number of amides is 3. The largest absolute Gasteiger partial charge is 0.380 e. The number of para-hydroxylation sites is 1. The molecule has 266 valence electrons. The van der Waals surface area contributed by atoms with Gasteiger partial charge in [0.1, 0.15) is 5.82 Å². The molecule has 0 aliphatic carbocycles. The van der Waals surface area contributed by atoms with E-state index in [-0.39, 0.29) is 42.2 Å². The molecule has 3 aromatic rings. The molecule has 3 amide bonds. The summed E-state index contributed by atoms with van der Waals surface area (Å²) in [4.78, 5) is 37.8. The summed E-state index contributed by atoms with van der Waals surface area (Å²) in [6.45, 7) is 13.1. The molecule has 1 aliphatic rings. The lowest BCUT2D eigenvalue weighted by molar-refractivity contribution is 0.0964. The van der Waals surface area contributed by atoms with Crippen molar-refractivity contribution in [3.8, 4) is 11.1 Å². The van der Waals surface area contributed by atoms with Crippen LogP contribution in [0, 0.1) is 5.82 Å². The van der Waals surface area contributed by atoms with Gasteiger partial charge < -0.3 is 25.2 Å². The number of hydrogen-bond acceptors (Lipinski definition) is 5. The predicted molar refractivity (Wildman–Crippen MR) is 198 cm³/mol. The molecule has 2 aromatic carbocycles. The second-order valence-electron chi connectivity index (χ2n) is 13.9. The van der Waals surface area contributed by atoms with Crippen LogP contribution in [0.15, 0.2) is 48.5 Å². The number of likely N-dealkylation sites (tertiary alicyclic amines) is 1. The number of anilines is 2. The predicted octanol–water partition coefficient (Wildman–Crippen LogP) is 9.11. The zero-order chi connectivity index (χ0) is 35.5. The number of halogens is 1. The number of nitrogens with one attached hydrogen (secondary N) is 2. The highest BCUT2D eigenvalue weighted by Gasteiger charge is 2.36. The van der Waals surface area contributed by atoms with E-state index in [9.17, 15) is 9.18 Å². The number of unbranched alkanes of at least 4 members (excludes halogenated alkanes) is 4. The molecule has 0 saturated carbocycles. The topological polar surface area (TPSA) is 86.8 Å². The molecule has 2 N–H and O–H groups in total. The lowest BCUT2D eigenvalue weighted by Gasteiger charge is -2.40. The number of methoxy groups -OCH3 is 1. The monoisotopic (exact) mass is 673 g/mol. The number of urea groups is 1. The molecule has 1 aliphatic heterocycles. The number of piperidine rings is 1. The number of ether oxygens (including phenoxy) is 1. The Hall–Kier alpha value is -3.82. The fraction of sp³-hybridized carbons (Fsp3) is 0.525. The van der Waals surface area contributed by atoms with Crippen molar-refractivity contribution in [3.63, 3.8) is 0 Å². The molecule has 0 unspecified atom stereocenters. The molecule has 4 rings (SSSR count). The van der Waals surface area contributed by atoms with Gasteiger partial charge in [-0.25, -0.2) is 9.18 Å². The first-order chi connectivity index (χ1) is 23.6. The quantitative estimate of drug-likeness (QED) is 0.157. The van der Waals surface area contributed by atoms with Crippen LogP contribution >= 0.6 is 0 Å². The van der Waals surface area contributed by atoms with Gasteiger partial charge in [0, 0.05) is 36.5 Å². The molecule has 1 aromatic heterocycles. The number of nitrogens with zero attached hydrogens (tertiary/aromatic N) is 3. The van der Waals surface area contributed by atoms with Crippen LogP contribution in [-0.4, -0.2) is 61.7 Å². The van der Waals surface area contributed by atoms with Crippen LogP contribution in [0.25, 0.3) is 11.1 Å². The van der Waals surface area contributed by atoms with E-state index in [0.717, 1.165) is 79.0 Å². The third kappa shape index (κ3) is 9.67. The summed E-state index contributed by atoms with van der Waals surface area (Å²) in [5, 5.41) is 5.94. The van der Waals surface area contributed by atoms with Gasteiger partial charge in [0.15, 0.2) is 0 Å². The Morgan fingerprint density at radius 1 is 0.959 bits per heavy atom. The van der Waals surface area contributed by atoms with Crippen LogP contribution in [0.4, 0.5) is 20.6 Å². The van der Waals surface area contributed by atoms with E-state index < -0.39 is 0 Å². The van der Waals surface area contributed by atoms with Crippen molar-refractivity contribution in [1.82, 2.24) is 15.2 Å². The molecule has 49 heavy (non-hydrogen) atoms. The standard InChI is InChI=1S/C40H56FN5O3/c1-8-9-10-11-14-23-42-40(48)43-34-16-13-12-15-32(34)39(47)46(31-21-24-45(6)25-22-31)38-35(29-17-19-30(41)20-18-29)33(26-49-7)36(27(2)3)44-37(38)28(4)5/h12-13,15-20,27-28,31H,8-11,14,21-26H2,1-7H3,(H2,42,43,48). The maximum Gasteiger partial charge on any atom is 0.319 e. The smallest absolute Gasteiger partial charge is 0.319 e. The summed E-state index contributed by atoms with van der Waals surface area (Å²) >= 11 is 0. The van der Waals surface area contributed by atoms with Gasteiger partial charge in [-0.3, -0.25) is 9.78 Å². The van der Waals surface area contributed by atoms with Crippen molar-refractivity contribution in [2.75, 3.05) is 44.0 Å². The van der Waals surface area contributed by atoms with Crippen LogP contribution in [0.5, 0.6) is 0 Å². The van der Waals surface area contributed by atoms with Crippen molar-refractivity contribution in [2.45, 2.75) is 104 Å². The number of pyridine rings is 1. The van der Waals surface area contributed by atoms with E-state index >= 15 is 4.79 Å². The molecule has 9 heteroatoms. The molecule has 0 radical (unpaired) electrons. The Bertz CT molecular complexity index is 1530. The van der Waals surface area contributed by atoms with Gasteiger partial charge in [-0.15, -0.1) is 0 Å². The van der Waals surface area contributed by atoms with Crippen LogP contribution in [0.3, 0.4) is 0 Å². The average Bonchev–Trinajstić information content (AvgIpc) is 3.08. The number of aromatic nitrogens is 1. The number of carbonyl (C=O) groups is 2. The van der Waals surface area contributed by atoms with Crippen molar-refractivity contribution in [3.05, 3.63) is 76.9 Å². The van der Waals surface area contributed by atoms with Crippen molar-refractivity contribution < 1.29 is 18.7 Å². The molecular weight excluding hydrogens is 617 g/mol. The van der Waals surface area contributed by atoms with Crippen LogP contribution < -0.4 is 15.5 Å². The number of hydrogen-bond donors (Lipinski definition) is 2. The Kier molecular flexibility index (Phi) is 14.2. The highest BCUT2D eigenvalue weighted by Crippen LogP contribution is 2.45. The van der Waals surface area contributed by atoms with E-state index in [1.165, 1.54) is 25.0 Å². The summed E-state index contributed by atoms with van der Waals surface area (Å²) in [7, 11) is 3.76. The summed E-state index contributed by atoms with van der Waals surface area (Å²) in [5.41, 5.74) is 5.81. The summed E-state index contributed by atoms with van der Waals surface area (Å²) in [5.74, 6) is -0.485. The minimum Gasteiger partial charge on any atom is -0.380 e. The van der Waals surface area contributed by atoms with Gasteiger partial charge in [-0.2, -0.15) is 0 Å². The Morgan fingerprint density at radius 3 is 2.24 bits per heavy atom.